The molecule has 3 N–H and O–H groups in total. The fraction of sp³-hybridized carbons (Fsp3) is 0.879. The number of phosphoric ester groups is 1. The number of aliphatic hydroxyl groups is 2. The molecule has 3 atom stereocenters. The quantitative estimate of drug-likeness (QED) is 0.0286. The third-order valence-electron chi connectivity index (χ3n) is 7.17. The summed E-state index contributed by atoms with van der Waals surface area (Å²) < 4.78 is 32.4. The third-order valence-corrected chi connectivity index (χ3v) is 8.12. The van der Waals surface area contributed by atoms with Crippen molar-refractivity contribution in [2.24, 2.45) is 0 Å². The van der Waals surface area contributed by atoms with Crippen LogP contribution in [-0.4, -0.2) is 65.7 Å². The average molecular weight is 651 g/mol. The first-order chi connectivity index (χ1) is 21.2. The molecule has 0 saturated carbocycles. The van der Waals surface area contributed by atoms with E-state index in [1.165, 1.54) is 51.4 Å². The summed E-state index contributed by atoms with van der Waals surface area (Å²) >= 11 is 0. The monoisotopic (exact) mass is 650 g/mol. The number of ether oxygens (including phenoxy) is 2. The van der Waals surface area contributed by atoms with Crippen LogP contribution in [0.3, 0.4) is 0 Å². The lowest BCUT2D eigenvalue weighted by Gasteiger charge is -2.20. The van der Waals surface area contributed by atoms with Gasteiger partial charge >= 0.3 is 19.8 Å². The van der Waals surface area contributed by atoms with Crippen LogP contribution in [0, 0.1) is 0 Å². The van der Waals surface area contributed by atoms with Crippen LogP contribution < -0.4 is 0 Å². The molecule has 0 aromatic heterocycles. The minimum Gasteiger partial charge on any atom is -0.462 e. The van der Waals surface area contributed by atoms with E-state index < -0.39 is 51.8 Å². The number of unbranched alkanes of at least 4 members (excludes halogenated alkanes) is 16. The number of hydrogen-bond donors (Lipinski definition) is 3. The molecule has 0 aliphatic rings. The second-order valence-corrected chi connectivity index (χ2v) is 13.0. The van der Waals surface area contributed by atoms with Crippen molar-refractivity contribution in [1.29, 1.82) is 0 Å². The second kappa shape index (κ2) is 30.4. The summed E-state index contributed by atoms with van der Waals surface area (Å²) in [4.78, 5) is 34.6. The van der Waals surface area contributed by atoms with Crippen LogP contribution in [0.15, 0.2) is 12.2 Å². The second-order valence-electron chi connectivity index (χ2n) is 11.5. The smallest absolute Gasteiger partial charge is 0.462 e. The topological polar surface area (TPSA) is 149 Å². The summed E-state index contributed by atoms with van der Waals surface area (Å²) in [6.07, 6.45) is 23.4. The Hall–Kier alpha value is -1.29. The minimum absolute atomic E-state index is 0.177. The lowest BCUT2D eigenvalue weighted by Crippen LogP contribution is -2.29. The molecular weight excluding hydrogens is 587 g/mol. The number of phosphoric acid groups is 1. The van der Waals surface area contributed by atoms with Crippen molar-refractivity contribution in [1.82, 2.24) is 0 Å². The molecule has 0 radical (unpaired) electrons. The first-order valence-corrected chi connectivity index (χ1v) is 18.6. The van der Waals surface area contributed by atoms with Crippen LogP contribution in [0.2, 0.25) is 0 Å². The van der Waals surface area contributed by atoms with Crippen molar-refractivity contribution in [3.63, 3.8) is 0 Å². The zero-order chi connectivity index (χ0) is 32.7. The van der Waals surface area contributed by atoms with Gasteiger partial charge in [0.15, 0.2) is 6.10 Å². The van der Waals surface area contributed by atoms with Gasteiger partial charge in [0.25, 0.3) is 0 Å². The number of esters is 2. The molecule has 0 aromatic rings. The number of allylic oxidation sites excluding steroid dienone is 2. The van der Waals surface area contributed by atoms with E-state index >= 15 is 0 Å². The van der Waals surface area contributed by atoms with Gasteiger partial charge in [0.2, 0.25) is 0 Å². The van der Waals surface area contributed by atoms with E-state index in [2.05, 4.69) is 30.5 Å². The van der Waals surface area contributed by atoms with E-state index in [1.54, 1.807) is 0 Å². The predicted octanol–water partition coefficient (Wildman–Crippen LogP) is 7.72. The number of carbonyl (C=O) groups is 2. The molecule has 11 heteroatoms. The number of rotatable bonds is 32. The lowest BCUT2D eigenvalue weighted by atomic mass is 10.1. The van der Waals surface area contributed by atoms with Gasteiger partial charge in [-0.15, -0.1) is 0 Å². The first-order valence-electron chi connectivity index (χ1n) is 17.1. The molecule has 0 fully saturated rings. The Labute approximate surface area is 266 Å². The van der Waals surface area contributed by atoms with Gasteiger partial charge in [-0.1, -0.05) is 116 Å². The van der Waals surface area contributed by atoms with Crippen LogP contribution >= 0.6 is 7.82 Å². The van der Waals surface area contributed by atoms with Crippen molar-refractivity contribution >= 4 is 19.8 Å². The molecule has 0 aromatic carbocycles. The minimum atomic E-state index is -4.60. The van der Waals surface area contributed by atoms with Crippen LogP contribution in [0.5, 0.6) is 0 Å². The zero-order valence-corrected chi connectivity index (χ0v) is 28.5. The highest BCUT2D eigenvalue weighted by Crippen LogP contribution is 2.43. The summed E-state index contributed by atoms with van der Waals surface area (Å²) in [6.45, 7) is 2.29. The maximum atomic E-state index is 12.5. The highest BCUT2D eigenvalue weighted by molar-refractivity contribution is 7.47. The molecule has 44 heavy (non-hydrogen) atoms. The molecule has 0 saturated heterocycles. The Kier molecular flexibility index (Phi) is 29.5. The standard InChI is InChI=1S/C33H63O10P/c1-3-5-7-9-11-13-15-17-19-21-23-25-33(37)43-31(29-42-44(38,39)41-27-30(35)26-34)28-40-32(36)24-22-20-18-16-14-12-10-8-6-4-2/h9,11,30-31,34-35H,3-8,10,12-29H2,1-2H3,(H,38,39)/b11-9-/t30-,31+/m0/s1. The maximum absolute atomic E-state index is 12.5. The van der Waals surface area contributed by atoms with Crippen molar-refractivity contribution in [3.05, 3.63) is 12.2 Å². The summed E-state index contributed by atoms with van der Waals surface area (Å²) in [5, 5.41) is 18.2. The first kappa shape index (κ1) is 42.7. The fourth-order valence-corrected chi connectivity index (χ4v) is 5.23. The SMILES string of the molecule is CCCC/C=C\CCCCCCCC(=O)O[C@H](COC(=O)CCCCCCCCCCCC)COP(=O)(O)OC[C@@H](O)CO. The summed E-state index contributed by atoms with van der Waals surface area (Å²) in [7, 11) is -4.60. The van der Waals surface area contributed by atoms with Gasteiger partial charge in [0, 0.05) is 12.8 Å². The zero-order valence-electron chi connectivity index (χ0n) is 27.6. The number of hydrogen-bond acceptors (Lipinski definition) is 9. The molecule has 260 valence electrons. The van der Waals surface area contributed by atoms with E-state index in [4.69, 9.17) is 19.1 Å². The summed E-state index contributed by atoms with van der Waals surface area (Å²) in [5.74, 6) is -0.937. The van der Waals surface area contributed by atoms with Crippen molar-refractivity contribution < 1.29 is 47.8 Å². The number of carbonyl (C=O) groups excluding carboxylic acids is 2. The van der Waals surface area contributed by atoms with Gasteiger partial charge < -0.3 is 24.6 Å². The lowest BCUT2D eigenvalue weighted by molar-refractivity contribution is -0.161. The van der Waals surface area contributed by atoms with Crippen LogP contribution in [0.4, 0.5) is 0 Å². The number of aliphatic hydroxyl groups excluding tert-OH is 2. The molecule has 0 amide bonds. The molecule has 0 aliphatic carbocycles. The summed E-state index contributed by atoms with van der Waals surface area (Å²) in [6, 6.07) is 0. The molecule has 10 nitrogen and oxygen atoms in total. The fourth-order valence-electron chi connectivity index (χ4n) is 4.44. The van der Waals surface area contributed by atoms with Gasteiger partial charge in [-0.25, -0.2) is 4.57 Å². The van der Waals surface area contributed by atoms with Gasteiger partial charge in [-0.2, -0.15) is 0 Å². The van der Waals surface area contributed by atoms with E-state index in [0.717, 1.165) is 57.8 Å². The van der Waals surface area contributed by atoms with Gasteiger partial charge in [-0.3, -0.25) is 18.6 Å². The van der Waals surface area contributed by atoms with Crippen molar-refractivity contribution in [2.45, 2.75) is 161 Å². The largest absolute Gasteiger partial charge is 0.472 e. The molecule has 0 bridgehead atoms. The third kappa shape index (κ3) is 29.4. The van der Waals surface area contributed by atoms with Crippen molar-refractivity contribution in [2.75, 3.05) is 26.4 Å². The Morgan fingerprint density at radius 2 is 1.14 bits per heavy atom. The molecule has 1 unspecified atom stereocenters. The molecule has 0 spiro atoms. The predicted molar refractivity (Wildman–Crippen MR) is 173 cm³/mol. The maximum Gasteiger partial charge on any atom is 0.472 e. The Morgan fingerprint density at radius 3 is 1.70 bits per heavy atom. The van der Waals surface area contributed by atoms with Gasteiger partial charge in [0.05, 0.1) is 19.8 Å². The van der Waals surface area contributed by atoms with Gasteiger partial charge in [-0.05, 0) is 32.1 Å². The average Bonchev–Trinajstić information content (AvgIpc) is 3.00. The molecule has 0 rings (SSSR count). The van der Waals surface area contributed by atoms with Gasteiger partial charge in [0.1, 0.15) is 12.7 Å². The Bertz CT molecular complexity index is 761. The van der Waals surface area contributed by atoms with Crippen LogP contribution in [0.25, 0.3) is 0 Å². The van der Waals surface area contributed by atoms with Crippen LogP contribution in [0.1, 0.15) is 149 Å². The highest BCUT2D eigenvalue weighted by atomic mass is 31.2. The highest BCUT2D eigenvalue weighted by Gasteiger charge is 2.27. The van der Waals surface area contributed by atoms with Crippen LogP contribution in [-0.2, 0) is 32.7 Å². The summed E-state index contributed by atoms with van der Waals surface area (Å²) in [5.41, 5.74) is 0. The Morgan fingerprint density at radius 1 is 0.659 bits per heavy atom. The molecule has 0 heterocycles. The van der Waals surface area contributed by atoms with E-state index in [0.29, 0.717) is 12.8 Å². The van der Waals surface area contributed by atoms with E-state index in [-0.39, 0.29) is 19.4 Å². The van der Waals surface area contributed by atoms with E-state index in [9.17, 15) is 24.2 Å². The molecular formula is C33H63O10P. The van der Waals surface area contributed by atoms with E-state index in [1.807, 2.05) is 0 Å². The Balaban J connectivity index is 4.44. The van der Waals surface area contributed by atoms with Crippen molar-refractivity contribution in [3.8, 4) is 0 Å². The normalized spacial score (nSPS) is 14.4. The molecule has 0 aliphatic heterocycles.